The quantitative estimate of drug-likeness (QED) is 0.137. The predicted molar refractivity (Wildman–Crippen MR) is 207 cm³/mol. The van der Waals surface area contributed by atoms with Crippen molar-refractivity contribution in [2.45, 2.75) is 70.3 Å². The largest absolute Gasteiger partial charge is 0.480 e. The van der Waals surface area contributed by atoms with Gasteiger partial charge in [-0.1, -0.05) is 30.3 Å². The number of halogens is 3. The van der Waals surface area contributed by atoms with E-state index in [4.69, 9.17) is 4.74 Å². The first-order valence-electron chi connectivity index (χ1n) is 19.1. The van der Waals surface area contributed by atoms with Crippen LogP contribution in [0.4, 0.5) is 24.7 Å². The van der Waals surface area contributed by atoms with Crippen LogP contribution in [0.5, 0.6) is 5.88 Å². The van der Waals surface area contributed by atoms with Gasteiger partial charge in [-0.05, 0) is 50.8 Å². The summed E-state index contributed by atoms with van der Waals surface area (Å²) in [5.74, 6) is -1.03. The van der Waals surface area contributed by atoms with Gasteiger partial charge in [0, 0.05) is 61.5 Å². The molecule has 304 valence electrons. The topological polar surface area (TPSA) is 177 Å². The second-order valence-corrected chi connectivity index (χ2v) is 14.8. The Morgan fingerprint density at radius 3 is 2.41 bits per heavy atom. The van der Waals surface area contributed by atoms with Gasteiger partial charge in [0.15, 0.2) is 5.69 Å². The van der Waals surface area contributed by atoms with E-state index in [2.05, 4.69) is 35.6 Å². The van der Waals surface area contributed by atoms with Crippen molar-refractivity contribution in [1.82, 2.24) is 39.7 Å². The lowest BCUT2D eigenvalue weighted by Crippen LogP contribution is -2.54. The minimum Gasteiger partial charge on any atom is -0.480 e. The van der Waals surface area contributed by atoms with Gasteiger partial charge in [0.2, 0.25) is 17.7 Å². The number of hydrogen-bond acceptors (Lipinski definition) is 12. The second-order valence-electron chi connectivity index (χ2n) is 14.8. The van der Waals surface area contributed by atoms with Gasteiger partial charge in [0.1, 0.15) is 30.3 Å². The first kappa shape index (κ1) is 39.1. The number of carbonyl (C=O) groups is 4. The summed E-state index contributed by atoms with van der Waals surface area (Å²) >= 11 is 0. The highest BCUT2D eigenvalue weighted by Gasteiger charge is 2.45. The predicted octanol–water partition coefficient (Wildman–Crippen LogP) is 5.80. The first-order chi connectivity index (χ1) is 28.3. The zero-order chi connectivity index (χ0) is 41.6. The molecule has 0 radical (unpaired) electrons. The van der Waals surface area contributed by atoms with E-state index in [0.717, 1.165) is 35.2 Å². The third-order valence-corrected chi connectivity index (χ3v) is 10.6. The normalized spacial score (nSPS) is 16.7. The highest BCUT2D eigenvalue weighted by Crippen LogP contribution is 2.45. The van der Waals surface area contributed by atoms with Crippen molar-refractivity contribution in [3.8, 4) is 28.5 Å². The van der Waals surface area contributed by atoms with Gasteiger partial charge < -0.3 is 19.5 Å². The monoisotopic (exact) mass is 808 g/mol. The number of aromatic nitrogens is 6. The molecule has 4 amide bonds. The average Bonchev–Trinajstić information content (AvgIpc) is 3.90. The molecule has 0 spiro atoms. The van der Waals surface area contributed by atoms with Crippen molar-refractivity contribution < 1.29 is 37.1 Å². The van der Waals surface area contributed by atoms with Crippen LogP contribution in [0.15, 0.2) is 67.4 Å². The van der Waals surface area contributed by atoms with E-state index in [0.29, 0.717) is 47.3 Å². The Hall–Kier alpha value is -6.72. The number of nitrogens with zero attached hydrogens (tertiary/aromatic N) is 8. The lowest BCUT2D eigenvalue weighted by Gasteiger charge is -2.28. The number of imidazole rings is 1. The van der Waals surface area contributed by atoms with E-state index in [-0.39, 0.29) is 48.3 Å². The molecule has 2 N–H and O–H groups in total. The Morgan fingerprint density at radius 2 is 1.71 bits per heavy atom. The van der Waals surface area contributed by atoms with E-state index >= 15 is 0 Å². The summed E-state index contributed by atoms with van der Waals surface area (Å²) in [6.45, 7) is 4.45. The fourth-order valence-corrected chi connectivity index (χ4v) is 7.48. The molecule has 0 bridgehead atoms. The maximum atomic E-state index is 13.7. The number of rotatable bonds is 13. The summed E-state index contributed by atoms with van der Waals surface area (Å²) in [6.07, 6.45) is 1.35. The van der Waals surface area contributed by atoms with Crippen molar-refractivity contribution in [2.24, 2.45) is 0 Å². The molecule has 1 saturated carbocycles. The highest BCUT2D eigenvalue weighted by molar-refractivity contribution is 6.25. The molecule has 15 nitrogen and oxygen atoms in total. The van der Waals surface area contributed by atoms with Gasteiger partial charge in [-0.15, -0.1) is 0 Å². The number of benzene rings is 2. The summed E-state index contributed by atoms with van der Waals surface area (Å²) < 4.78 is 48.0. The van der Waals surface area contributed by atoms with Crippen LogP contribution in [-0.2, 0) is 22.3 Å². The number of fused-ring (bicyclic) bond motifs is 1. The number of hydrogen-bond donors (Lipinski definition) is 2. The smallest absolute Gasteiger partial charge is 0.434 e. The Labute approximate surface area is 336 Å². The number of methoxy groups -OCH3 is 1. The fourth-order valence-electron chi connectivity index (χ4n) is 7.48. The molecule has 1 unspecified atom stereocenters. The molecule has 8 rings (SSSR count). The van der Waals surface area contributed by atoms with Gasteiger partial charge >= 0.3 is 6.18 Å². The van der Waals surface area contributed by atoms with Gasteiger partial charge in [-0.3, -0.25) is 29.4 Å². The maximum absolute atomic E-state index is 13.7. The first-order valence-corrected chi connectivity index (χ1v) is 19.1. The highest BCUT2D eigenvalue weighted by atomic mass is 19.4. The van der Waals surface area contributed by atoms with Crippen molar-refractivity contribution in [2.75, 3.05) is 30.4 Å². The number of alkyl halides is 3. The molecule has 3 aromatic heterocycles. The average molecular weight is 809 g/mol. The zero-order valence-electron chi connectivity index (χ0n) is 32.3. The fraction of sp³-hybridized carbons (Fsp3) is 0.341. The number of nitrogens with one attached hydrogen (secondary N) is 2. The van der Waals surface area contributed by atoms with Crippen LogP contribution in [0.1, 0.15) is 89.2 Å². The lowest BCUT2D eigenvalue weighted by atomic mass is 10.0. The Morgan fingerprint density at radius 1 is 0.949 bits per heavy atom. The van der Waals surface area contributed by atoms with Gasteiger partial charge in [-0.25, -0.2) is 24.9 Å². The lowest BCUT2D eigenvalue weighted by molar-refractivity contribution is -0.141. The molecule has 1 saturated heterocycles. The zero-order valence-corrected chi connectivity index (χ0v) is 32.3. The van der Waals surface area contributed by atoms with Crippen molar-refractivity contribution in [1.29, 1.82) is 0 Å². The van der Waals surface area contributed by atoms with E-state index in [9.17, 15) is 32.3 Å². The standard InChI is InChI=1S/C41H39F3N10O5/c1-22(2)53-19-30(41(42,43)44)50-36(53)25-9-7-23(8-10-25)18-52(31-17-28(46-20-47-31)34-35(24-11-12-24)48-21-49-38(34)59-3)16-15-45-27-6-4-5-26-33(27)40(58)54(39(26)57)29-13-14-32(55)51-37(29)56/h4-10,17,19-22,24,29,45H,11-16,18H2,1-3H3,(H,51,55,56). The number of anilines is 2. The molecule has 3 aliphatic rings. The number of carbonyl (C=O) groups excluding carboxylic acids is 4. The number of imide groups is 2. The molecule has 1 aliphatic carbocycles. The van der Waals surface area contributed by atoms with Gasteiger partial charge in [0.05, 0.1) is 35.2 Å². The van der Waals surface area contributed by atoms with Crippen molar-refractivity contribution in [3.05, 3.63) is 95.5 Å². The number of amides is 4. The molecule has 5 heterocycles. The summed E-state index contributed by atoms with van der Waals surface area (Å²) in [6, 6.07) is 12.4. The molecular formula is C41H39F3N10O5. The van der Waals surface area contributed by atoms with E-state index < -0.39 is 41.5 Å². The third kappa shape index (κ3) is 7.69. The second kappa shape index (κ2) is 15.6. The Bertz CT molecular complexity index is 2470. The third-order valence-electron chi connectivity index (χ3n) is 10.6. The summed E-state index contributed by atoms with van der Waals surface area (Å²) in [7, 11) is 1.53. The van der Waals surface area contributed by atoms with E-state index in [1.807, 2.05) is 23.1 Å². The molecule has 1 atom stereocenters. The summed E-state index contributed by atoms with van der Waals surface area (Å²) in [4.78, 5) is 76.6. The molecule has 2 aromatic carbocycles. The molecule has 18 heteroatoms. The maximum Gasteiger partial charge on any atom is 0.434 e. The Balaban J connectivity index is 1.08. The van der Waals surface area contributed by atoms with Crippen LogP contribution in [-0.4, -0.2) is 84.3 Å². The van der Waals surface area contributed by atoms with Crippen LogP contribution in [0.3, 0.4) is 0 Å². The number of piperidine rings is 1. The van der Waals surface area contributed by atoms with Crippen LogP contribution < -0.4 is 20.3 Å². The minimum atomic E-state index is -4.59. The minimum absolute atomic E-state index is 0.00550. The molecule has 2 aliphatic heterocycles. The molecular weight excluding hydrogens is 770 g/mol. The summed E-state index contributed by atoms with van der Waals surface area (Å²) in [5.41, 5.74) is 3.10. The molecule has 2 fully saturated rings. The Kier molecular flexibility index (Phi) is 10.3. The van der Waals surface area contributed by atoms with Crippen LogP contribution in [0.25, 0.3) is 22.6 Å². The van der Waals surface area contributed by atoms with Crippen LogP contribution in [0, 0.1) is 0 Å². The van der Waals surface area contributed by atoms with Crippen LogP contribution >= 0.6 is 0 Å². The van der Waals surface area contributed by atoms with E-state index in [1.54, 1.807) is 38.1 Å². The molecule has 59 heavy (non-hydrogen) atoms. The van der Waals surface area contributed by atoms with Crippen LogP contribution in [0.2, 0.25) is 0 Å². The molecule has 5 aromatic rings. The van der Waals surface area contributed by atoms with Gasteiger partial charge in [-0.2, -0.15) is 13.2 Å². The van der Waals surface area contributed by atoms with Gasteiger partial charge in [0.25, 0.3) is 11.8 Å². The van der Waals surface area contributed by atoms with Crippen molar-refractivity contribution >= 4 is 35.1 Å². The SMILES string of the molecule is COc1ncnc(C2CC2)c1-c1cc(N(CCNc2cccc3c2C(=O)N(C2CCC(=O)NC2=O)C3=O)Cc2ccc(-c3nc(C(F)(F)F)cn3C(C)C)cc2)ncn1. The number of ether oxygens (including phenoxy) is 1. The van der Waals surface area contributed by atoms with Crippen molar-refractivity contribution in [3.63, 3.8) is 0 Å². The van der Waals surface area contributed by atoms with E-state index in [1.165, 1.54) is 30.4 Å². The summed E-state index contributed by atoms with van der Waals surface area (Å²) in [5, 5.41) is 5.51.